The first-order chi connectivity index (χ1) is 13.3. The van der Waals surface area contributed by atoms with Crippen LogP contribution in [0.1, 0.15) is 52.0 Å². The van der Waals surface area contributed by atoms with Crippen LogP contribution in [0.15, 0.2) is 34.8 Å². The molecular formula is C22H27N3O3. The maximum atomic E-state index is 12.5. The van der Waals surface area contributed by atoms with Crippen LogP contribution in [0, 0.1) is 13.8 Å². The topological polar surface area (TPSA) is 66.7 Å². The standard InChI is InChI=1S/C22H27N3O3/c1-15-5-7-17(8-6-15)9-10-19(26)25-13-11-18(12-14-25)21-23-20(16(2)28-21)22(27)24(3)4/h5-10,18H,11-14H2,1-4H3/b10-9+. The van der Waals surface area contributed by atoms with E-state index < -0.39 is 0 Å². The Hall–Kier alpha value is -2.89. The van der Waals surface area contributed by atoms with E-state index in [0.29, 0.717) is 30.4 Å². The van der Waals surface area contributed by atoms with E-state index in [4.69, 9.17) is 4.42 Å². The van der Waals surface area contributed by atoms with Crippen LogP contribution in [0.4, 0.5) is 0 Å². The molecule has 0 atom stereocenters. The van der Waals surface area contributed by atoms with Crippen molar-refractivity contribution < 1.29 is 14.0 Å². The molecule has 1 saturated heterocycles. The number of nitrogens with zero attached hydrogens (tertiary/aromatic N) is 3. The highest BCUT2D eigenvalue weighted by Gasteiger charge is 2.28. The van der Waals surface area contributed by atoms with Gasteiger partial charge in [0.05, 0.1) is 0 Å². The number of amides is 2. The number of rotatable bonds is 4. The van der Waals surface area contributed by atoms with E-state index in [1.165, 1.54) is 10.5 Å². The summed E-state index contributed by atoms with van der Waals surface area (Å²) in [5.41, 5.74) is 2.59. The van der Waals surface area contributed by atoms with Gasteiger partial charge in [0.15, 0.2) is 11.6 Å². The Labute approximate surface area is 165 Å². The Morgan fingerprint density at radius 1 is 1.14 bits per heavy atom. The van der Waals surface area contributed by atoms with E-state index >= 15 is 0 Å². The number of carbonyl (C=O) groups is 2. The van der Waals surface area contributed by atoms with Gasteiger partial charge < -0.3 is 14.2 Å². The molecule has 2 amide bonds. The fourth-order valence-electron chi connectivity index (χ4n) is 3.30. The minimum absolute atomic E-state index is 0.0195. The molecule has 0 unspecified atom stereocenters. The molecule has 0 aliphatic carbocycles. The number of aryl methyl sites for hydroxylation is 2. The van der Waals surface area contributed by atoms with Gasteiger partial charge in [0.1, 0.15) is 5.76 Å². The summed E-state index contributed by atoms with van der Waals surface area (Å²) < 4.78 is 5.76. The smallest absolute Gasteiger partial charge is 0.275 e. The maximum absolute atomic E-state index is 12.5. The fourth-order valence-corrected chi connectivity index (χ4v) is 3.30. The summed E-state index contributed by atoms with van der Waals surface area (Å²) in [6.45, 7) is 5.11. The largest absolute Gasteiger partial charge is 0.445 e. The van der Waals surface area contributed by atoms with Gasteiger partial charge in [-0.2, -0.15) is 0 Å². The summed E-state index contributed by atoms with van der Waals surface area (Å²) in [6.07, 6.45) is 5.04. The zero-order valence-corrected chi connectivity index (χ0v) is 16.9. The van der Waals surface area contributed by atoms with Crippen LogP contribution >= 0.6 is 0 Å². The molecule has 0 radical (unpaired) electrons. The molecule has 148 valence electrons. The number of hydrogen-bond donors (Lipinski definition) is 0. The van der Waals surface area contributed by atoms with Gasteiger partial charge in [-0.1, -0.05) is 29.8 Å². The molecule has 1 aliphatic heterocycles. The SMILES string of the molecule is Cc1ccc(/C=C/C(=O)N2CCC(c3nc(C(=O)N(C)C)c(C)o3)CC2)cc1. The number of aromatic nitrogens is 1. The maximum Gasteiger partial charge on any atom is 0.275 e. The fraction of sp³-hybridized carbons (Fsp3) is 0.409. The molecule has 1 aliphatic rings. The molecule has 0 spiro atoms. The number of hydrogen-bond acceptors (Lipinski definition) is 4. The van der Waals surface area contributed by atoms with Crippen molar-refractivity contribution in [2.45, 2.75) is 32.6 Å². The van der Waals surface area contributed by atoms with Crippen LogP contribution in [0.25, 0.3) is 6.08 Å². The molecule has 0 saturated carbocycles. The van der Waals surface area contributed by atoms with E-state index in [-0.39, 0.29) is 17.7 Å². The van der Waals surface area contributed by atoms with Gasteiger partial charge in [-0.3, -0.25) is 9.59 Å². The molecule has 28 heavy (non-hydrogen) atoms. The van der Waals surface area contributed by atoms with E-state index in [1.807, 2.05) is 42.2 Å². The highest BCUT2D eigenvalue weighted by molar-refractivity contribution is 5.93. The minimum Gasteiger partial charge on any atom is -0.445 e. The molecule has 3 rings (SSSR count). The molecule has 2 heterocycles. The molecule has 0 bridgehead atoms. The molecule has 0 N–H and O–H groups in total. The van der Waals surface area contributed by atoms with Crippen molar-refractivity contribution in [3.8, 4) is 0 Å². The summed E-state index contributed by atoms with van der Waals surface area (Å²) in [6, 6.07) is 8.07. The van der Waals surface area contributed by atoms with Crippen molar-refractivity contribution in [2.75, 3.05) is 27.2 Å². The normalized spacial score (nSPS) is 15.2. The highest BCUT2D eigenvalue weighted by Crippen LogP contribution is 2.29. The third kappa shape index (κ3) is 4.50. The van der Waals surface area contributed by atoms with Crippen LogP contribution in [0.2, 0.25) is 0 Å². The van der Waals surface area contributed by atoms with Crippen LogP contribution in [-0.4, -0.2) is 53.8 Å². The number of oxazole rings is 1. The lowest BCUT2D eigenvalue weighted by Crippen LogP contribution is -2.37. The zero-order valence-electron chi connectivity index (χ0n) is 16.9. The first-order valence-electron chi connectivity index (χ1n) is 9.58. The summed E-state index contributed by atoms with van der Waals surface area (Å²) in [7, 11) is 3.40. The first-order valence-corrected chi connectivity index (χ1v) is 9.58. The predicted molar refractivity (Wildman–Crippen MR) is 108 cm³/mol. The molecule has 1 aromatic heterocycles. The summed E-state index contributed by atoms with van der Waals surface area (Å²) in [5.74, 6) is 1.15. The van der Waals surface area contributed by atoms with Crippen molar-refractivity contribution >= 4 is 17.9 Å². The molecule has 1 fully saturated rings. The first kappa shape index (κ1) is 19.9. The Kier molecular flexibility index (Phi) is 5.97. The van der Waals surface area contributed by atoms with Crippen molar-refractivity contribution in [1.29, 1.82) is 0 Å². The monoisotopic (exact) mass is 381 g/mol. The van der Waals surface area contributed by atoms with Crippen molar-refractivity contribution in [2.24, 2.45) is 0 Å². The van der Waals surface area contributed by atoms with Crippen molar-refractivity contribution in [3.63, 3.8) is 0 Å². The van der Waals surface area contributed by atoms with Gasteiger partial charge in [-0.25, -0.2) is 4.98 Å². The van der Waals surface area contributed by atoms with Gasteiger partial charge in [-0.15, -0.1) is 0 Å². The summed E-state index contributed by atoms with van der Waals surface area (Å²) in [4.78, 5) is 32.4. The Balaban J connectivity index is 1.58. The molecule has 6 nitrogen and oxygen atoms in total. The molecule has 6 heteroatoms. The van der Waals surface area contributed by atoms with Crippen LogP contribution < -0.4 is 0 Å². The number of carbonyl (C=O) groups excluding carboxylic acids is 2. The lowest BCUT2D eigenvalue weighted by molar-refractivity contribution is -0.127. The lowest BCUT2D eigenvalue weighted by Gasteiger charge is -2.29. The predicted octanol–water partition coefficient (Wildman–Crippen LogP) is 3.41. The third-order valence-electron chi connectivity index (χ3n) is 5.07. The lowest BCUT2D eigenvalue weighted by atomic mass is 9.96. The highest BCUT2D eigenvalue weighted by atomic mass is 16.4. The molecule has 2 aromatic rings. The summed E-state index contributed by atoms with van der Waals surface area (Å²) in [5, 5.41) is 0. The second kappa shape index (κ2) is 8.42. The van der Waals surface area contributed by atoms with E-state index in [1.54, 1.807) is 27.1 Å². The quantitative estimate of drug-likeness (QED) is 0.761. The van der Waals surface area contributed by atoms with Gasteiger partial charge in [0.25, 0.3) is 5.91 Å². The van der Waals surface area contributed by atoms with Gasteiger partial charge in [0.2, 0.25) is 5.91 Å². The van der Waals surface area contributed by atoms with Gasteiger partial charge >= 0.3 is 0 Å². The Bertz CT molecular complexity index is 873. The number of likely N-dealkylation sites (tertiary alicyclic amines) is 1. The van der Waals surface area contributed by atoms with Crippen LogP contribution in [-0.2, 0) is 4.79 Å². The second-order valence-electron chi connectivity index (χ2n) is 7.50. The molecule has 1 aromatic carbocycles. The van der Waals surface area contributed by atoms with E-state index in [2.05, 4.69) is 4.98 Å². The van der Waals surface area contributed by atoms with E-state index in [0.717, 1.165) is 18.4 Å². The van der Waals surface area contributed by atoms with Crippen molar-refractivity contribution in [3.05, 3.63) is 58.8 Å². The molecular weight excluding hydrogens is 354 g/mol. The Morgan fingerprint density at radius 3 is 2.39 bits per heavy atom. The van der Waals surface area contributed by atoms with Crippen LogP contribution in [0.5, 0.6) is 0 Å². The van der Waals surface area contributed by atoms with Crippen molar-refractivity contribution in [1.82, 2.24) is 14.8 Å². The van der Waals surface area contributed by atoms with Gasteiger partial charge in [-0.05, 0) is 38.3 Å². The zero-order chi connectivity index (χ0) is 20.3. The third-order valence-corrected chi connectivity index (χ3v) is 5.07. The second-order valence-corrected chi connectivity index (χ2v) is 7.50. The number of piperidine rings is 1. The van der Waals surface area contributed by atoms with E-state index in [9.17, 15) is 9.59 Å². The minimum atomic E-state index is -0.152. The number of benzene rings is 1. The van der Waals surface area contributed by atoms with Crippen LogP contribution in [0.3, 0.4) is 0 Å². The average molecular weight is 381 g/mol. The summed E-state index contributed by atoms with van der Waals surface area (Å²) >= 11 is 0. The Morgan fingerprint density at radius 2 is 1.79 bits per heavy atom. The van der Waals surface area contributed by atoms with Gasteiger partial charge in [0, 0.05) is 39.2 Å². The average Bonchev–Trinajstić information content (AvgIpc) is 3.08.